The van der Waals surface area contributed by atoms with Crippen molar-refractivity contribution in [2.45, 2.75) is 97.4 Å². The summed E-state index contributed by atoms with van der Waals surface area (Å²) in [6.07, 6.45) is 2.89. The third-order valence-corrected chi connectivity index (χ3v) is 8.53. The normalized spacial score (nSPS) is 21.7. The molecular weight excluding hydrogens is 588 g/mol. The maximum Gasteiger partial charge on any atom is 0.315 e. The fourth-order valence-electron chi connectivity index (χ4n) is 6.22. The molecule has 0 spiro atoms. The predicted molar refractivity (Wildman–Crippen MR) is 177 cm³/mol. The lowest BCUT2D eigenvalue weighted by molar-refractivity contribution is -0.608. The number of nitrogens with two attached hydrogens (primary N) is 1. The van der Waals surface area contributed by atoms with E-state index in [-0.39, 0.29) is 35.7 Å². The van der Waals surface area contributed by atoms with Gasteiger partial charge in [-0.05, 0) is 98.9 Å². The fraction of sp³-hybridized carbons (Fsp3) is 0.686. The van der Waals surface area contributed by atoms with E-state index < -0.39 is 17.1 Å². The molecule has 1 aromatic carbocycles. The quantitative estimate of drug-likeness (QED) is 0.242. The second kappa shape index (κ2) is 14.7. The molecule has 0 aromatic heterocycles. The number of amides is 3. The zero-order valence-electron chi connectivity index (χ0n) is 29.1. The molecule has 11 nitrogen and oxygen atoms in total. The van der Waals surface area contributed by atoms with E-state index >= 15 is 0 Å². The van der Waals surface area contributed by atoms with Crippen LogP contribution < -0.4 is 19.9 Å². The highest BCUT2D eigenvalue weighted by Gasteiger charge is 2.45. The van der Waals surface area contributed by atoms with Crippen LogP contribution in [0.3, 0.4) is 0 Å². The molecule has 2 aliphatic heterocycles. The Labute approximate surface area is 274 Å². The van der Waals surface area contributed by atoms with Gasteiger partial charge in [-0.1, -0.05) is 0 Å². The first-order valence-electron chi connectivity index (χ1n) is 16.7. The minimum absolute atomic E-state index is 0.00925. The van der Waals surface area contributed by atoms with Crippen molar-refractivity contribution in [1.29, 1.82) is 0 Å². The Morgan fingerprint density at radius 2 is 1.89 bits per heavy atom. The van der Waals surface area contributed by atoms with Crippen LogP contribution in [0.4, 0.5) is 11.4 Å². The molecule has 2 N–H and O–H groups in total. The lowest BCUT2D eigenvalue weighted by Gasteiger charge is -2.41. The SMILES string of the molecule is C=C(OC(C)(C)C)N1CC(C(=O)[NH2+]C(C)COCC)CC(C(=O)N(c2ccc3c(c2)N(CCCOC)C(=O)C(C)(C)O3)C2CC2)C1. The number of hydrogen-bond donors (Lipinski definition) is 1. The van der Waals surface area contributed by atoms with Gasteiger partial charge in [0.05, 0.1) is 24.1 Å². The number of anilines is 2. The minimum Gasteiger partial charge on any atom is -0.476 e. The number of quaternary nitrogens is 1. The molecule has 1 aliphatic carbocycles. The molecule has 1 aromatic rings. The maximum absolute atomic E-state index is 14.6. The van der Waals surface area contributed by atoms with E-state index in [0.717, 1.165) is 18.5 Å². The standard InChI is InChI=1S/C35H54N4O7/c1-10-44-22-23(2)36-31(40)25-18-26(21-37(20-25)24(3)45-34(4,5)6)32(41)39(27-12-13-27)28-14-15-30-29(19-28)38(16-11-17-43-9)33(42)35(7,8)46-30/h14-15,19,23,25-27H,3,10-13,16-18,20-22H2,1-2,4-9H3,(H,36,40)/p+1. The van der Waals surface area contributed by atoms with E-state index in [9.17, 15) is 14.4 Å². The monoisotopic (exact) mass is 643 g/mol. The summed E-state index contributed by atoms with van der Waals surface area (Å²) in [7, 11) is 1.64. The topological polar surface area (TPSA) is 114 Å². The molecule has 11 heteroatoms. The number of fused-ring (bicyclic) bond motifs is 1. The average molecular weight is 644 g/mol. The van der Waals surface area contributed by atoms with Gasteiger partial charge in [-0.2, -0.15) is 0 Å². The van der Waals surface area contributed by atoms with Crippen molar-refractivity contribution in [3.63, 3.8) is 0 Å². The van der Waals surface area contributed by atoms with Gasteiger partial charge < -0.3 is 33.6 Å². The summed E-state index contributed by atoms with van der Waals surface area (Å²) in [5.41, 5.74) is -0.103. The van der Waals surface area contributed by atoms with Gasteiger partial charge in [-0.3, -0.25) is 14.9 Å². The summed E-state index contributed by atoms with van der Waals surface area (Å²) in [5, 5.41) is 1.73. The molecule has 3 atom stereocenters. The van der Waals surface area contributed by atoms with Gasteiger partial charge in [0, 0.05) is 51.7 Å². The van der Waals surface area contributed by atoms with Crippen LogP contribution in [0.15, 0.2) is 30.7 Å². The van der Waals surface area contributed by atoms with E-state index in [4.69, 9.17) is 18.9 Å². The van der Waals surface area contributed by atoms with Crippen molar-refractivity contribution in [3.8, 4) is 5.75 Å². The van der Waals surface area contributed by atoms with Gasteiger partial charge in [0.1, 0.15) is 17.4 Å². The first-order chi connectivity index (χ1) is 21.6. The number of carbonyl (C=O) groups excluding carboxylic acids is 3. The lowest BCUT2D eigenvalue weighted by Crippen LogP contribution is -2.95. The average Bonchev–Trinajstić information content (AvgIpc) is 3.82. The third kappa shape index (κ3) is 8.80. The van der Waals surface area contributed by atoms with Crippen LogP contribution in [-0.2, 0) is 28.6 Å². The van der Waals surface area contributed by atoms with Crippen molar-refractivity contribution in [2.24, 2.45) is 11.8 Å². The maximum atomic E-state index is 14.6. The number of hydrogen-bond acceptors (Lipinski definition) is 8. The molecular formula is C35H55N4O7+. The number of rotatable bonds is 14. The summed E-state index contributed by atoms with van der Waals surface area (Å²) >= 11 is 0. The zero-order valence-corrected chi connectivity index (χ0v) is 29.1. The highest BCUT2D eigenvalue weighted by molar-refractivity contribution is 6.04. The zero-order chi connectivity index (χ0) is 33.8. The molecule has 256 valence electrons. The van der Waals surface area contributed by atoms with Gasteiger partial charge in [-0.15, -0.1) is 0 Å². The predicted octanol–water partition coefficient (Wildman–Crippen LogP) is 3.46. The Kier molecular flexibility index (Phi) is 11.4. The van der Waals surface area contributed by atoms with E-state index in [2.05, 4.69) is 6.58 Å². The van der Waals surface area contributed by atoms with Crippen LogP contribution in [0.2, 0.25) is 0 Å². The molecule has 3 aliphatic rings. The number of benzene rings is 1. The van der Waals surface area contributed by atoms with Crippen LogP contribution in [0.1, 0.15) is 74.1 Å². The van der Waals surface area contributed by atoms with Crippen molar-refractivity contribution < 1.29 is 38.6 Å². The van der Waals surface area contributed by atoms with Crippen LogP contribution in [0.25, 0.3) is 0 Å². The van der Waals surface area contributed by atoms with E-state index in [1.54, 1.807) is 31.2 Å². The number of ether oxygens (including phenoxy) is 4. The Morgan fingerprint density at radius 3 is 2.52 bits per heavy atom. The first kappa shape index (κ1) is 35.7. The van der Waals surface area contributed by atoms with Crippen LogP contribution in [0, 0.1) is 11.8 Å². The summed E-state index contributed by atoms with van der Waals surface area (Å²) in [5.74, 6) is 0.0676. The molecule has 0 bridgehead atoms. The molecule has 1 saturated carbocycles. The van der Waals surface area contributed by atoms with E-state index in [1.165, 1.54) is 0 Å². The molecule has 4 rings (SSSR count). The number of methoxy groups -OCH3 is 1. The Morgan fingerprint density at radius 1 is 1.20 bits per heavy atom. The van der Waals surface area contributed by atoms with Gasteiger partial charge in [-0.25, -0.2) is 4.79 Å². The minimum atomic E-state index is -1.00. The highest BCUT2D eigenvalue weighted by atomic mass is 16.5. The fourth-order valence-corrected chi connectivity index (χ4v) is 6.22. The molecule has 0 radical (unpaired) electrons. The Hall–Kier alpha value is -3.15. The smallest absolute Gasteiger partial charge is 0.315 e. The van der Waals surface area contributed by atoms with Crippen molar-refractivity contribution in [3.05, 3.63) is 30.7 Å². The molecule has 3 unspecified atom stereocenters. The molecule has 2 heterocycles. The summed E-state index contributed by atoms with van der Waals surface area (Å²) in [6, 6.07) is 5.69. The van der Waals surface area contributed by atoms with Crippen molar-refractivity contribution in [1.82, 2.24) is 4.90 Å². The summed E-state index contributed by atoms with van der Waals surface area (Å²) < 4.78 is 23.0. The highest BCUT2D eigenvalue weighted by Crippen LogP contribution is 2.43. The lowest BCUT2D eigenvalue weighted by atomic mass is 9.87. The first-order valence-corrected chi connectivity index (χ1v) is 16.7. The number of likely N-dealkylation sites (tertiary alicyclic amines) is 1. The largest absolute Gasteiger partial charge is 0.476 e. The van der Waals surface area contributed by atoms with Crippen molar-refractivity contribution in [2.75, 3.05) is 56.4 Å². The summed E-state index contributed by atoms with van der Waals surface area (Å²) in [6.45, 7) is 20.4. The second-order valence-electron chi connectivity index (χ2n) is 14.4. The van der Waals surface area contributed by atoms with Gasteiger partial charge in [0.2, 0.25) is 5.91 Å². The van der Waals surface area contributed by atoms with E-state index in [1.807, 2.05) is 62.6 Å². The molecule has 3 amide bonds. The van der Waals surface area contributed by atoms with Gasteiger partial charge in [0.25, 0.3) is 5.91 Å². The van der Waals surface area contributed by atoms with Gasteiger partial charge in [0.15, 0.2) is 11.5 Å². The van der Waals surface area contributed by atoms with Crippen LogP contribution in [0.5, 0.6) is 5.75 Å². The van der Waals surface area contributed by atoms with Crippen LogP contribution in [-0.4, -0.2) is 92.5 Å². The number of primary amides is 1. The van der Waals surface area contributed by atoms with Gasteiger partial charge >= 0.3 is 5.91 Å². The Bertz CT molecular complexity index is 1270. The molecule has 2 fully saturated rings. The number of carbonyl (C=O) groups is 3. The third-order valence-electron chi connectivity index (χ3n) is 8.53. The molecule has 1 saturated heterocycles. The van der Waals surface area contributed by atoms with E-state index in [0.29, 0.717) is 69.6 Å². The number of piperidine rings is 1. The summed E-state index contributed by atoms with van der Waals surface area (Å²) in [4.78, 5) is 47.2. The Balaban J connectivity index is 1.63. The second-order valence-corrected chi connectivity index (χ2v) is 14.4. The van der Waals surface area contributed by atoms with Crippen molar-refractivity contribution >= 4 is 29.1 Å². The van der Waals surface area contributed by atoms with Crippen LogP contribution >= 0.6 is 0 Å². The molecule has 46 heavy (non-hydrogen) atoms. The number of nitrogens with zero attached hydrogens (tertiary/aromatic N) is 3.